The van der Waals surface area contributed by atoms with Gasteiger partial charge in [-0.1, -0.05) is 11.8 Å². The first-order valence-corrected chi connectivity index (χ1v) is 8.03. The number of imide groups is 1. The van der Waals surface area contributed by atoms with Crippen molar-refractivity contribution in [1.29, 1.82) is 0 Å². The molecule has 1 aromatic carbocycles. The molecule has 0 saturated heterocycles. The number of amides is 3. The molecule has 8 heteroatoms. The average Bonchev–Trinajstić information content (AvgIpc) is 3.20. The smallest absolute Gasteiger partial charge is 0.321 e. The summed E-state index contributed by atoms with van der Waals surface area (Å²) in [7, 11) is 0. The van der Waals surface area contributed by atoms with Gasteiger partial charge in [0, 0.05) is 11.6 Å². The van der Waals surface area contributed by atoms with Gasteiger partial charge in [-0.15, -0.1) is 0 Å². The molecular weight excluding hydrogens is 321 g/mol. The van der Waals surface area contributed by atoms with E-state index in [9.17, 15) is 14.0 Å². The molecular formula is C15H14FN3O3S. The van der Waals surface area contributed by atoms with Crippen molar-refractivity contribution in [2.45, 2.75) is 24.1 Å². The van der Waals surface area contributed by atoms with Gasteiger partial charge < -0.3 is 9.73 Å². The third kappa shape index (κ3) is 4.56. The number of urea groups is 1. The van der Waals surface area contributed by atoms with Gasteiger partial charge in [0.05, 0.1) is 11.9 Å². The molecule has 0 aliphatic heterocycles. The standard InChI is InChI=1S/C15H14FN3O3S/c16-10-3-1-9(2-4-10)12-7-17-15(22-12)23-8-13(20)19-14(21)18-11-5-6-11/h1-4,7,11H,5-6,8H2,(H2,18,19,20,21). The van der Waals surface area contributed by atoms with Crippen LogP contribution in [0.4, 0.5) is 9.18 Å². The van der Waals surface area contributed by atoms with E-state index in [4.69, 9.17) is 4.42 Å². The second kappa shape index (κ2) is 6.82. The van der Waals surface area contributed by atoms with Crippen molar-refractivity contribution in [3.63, 3.8) is 0 Å². The summed E-state index contributed by atoms with van der Waals surface area (Å²) in [5, 5.41) is 5.22. The maximum atomic E-state index is 12.9. The number of thioether (sulfide) groups is 1. The zero-order valence-electron chi connectivity index (χ0n) is 12.0. The lowest BCUT2D eigenvalue weighted by Crippen LogP contribution is -2.41. The summed E-state index contributed by atoms with van der Waals surface area (Å²) >= 11 is 1.08. The van der Waals surface area contributed by atoms with Gasteiger partial charge in [0.2, 0.25) is 5.91 Å². The largest absolute Gasteiger partial charge is 0.431 e. The van der Waals surface area contributed by atoms with Crippen molar-refractivity contribution in [3.8, 4) is 11.3 Å². The number of hydrogen-bond acceptors (Lipinski definition) is 5. The monoisotopic (exact) mass is 335 g/mol. The van der Waals surface area contributed by atoms with E-state index in [0.29, 0.717) is 16.5 Å². The molecule has 2 N–H and O–H groups in total. The van der Waals surface area contributed by atoms with Gasteiger partial charge in [-0.2, -0.15) is 0 Å². The highest BCUT2D eigenvalue weighted by atomic mass is 32.2. The number of aromatic nitrogens is 1. The molecule has 0 spiro atoms. The van der Waals surface area contributed by atoms with Crippen LogP contribution in [-0.2, 0) is 4.79 Å². The molecule has 2 aromatic rings. The van der Waals surface area contributed by atoms with E-state index >= 15 is 0 Å². The summed E-state index contributed by atoms with van der Waals surface area (Å²) in [4.78, 5) is 27.1. The predicted molar refractivity (Wildman–Crippen MR) is 82.3 cm³/mol. The van der Waals surface area contributed by atoms with E-state index in [1.54, 1.807) is 12.1 Å². The maximum absolute atomic E-state index is 12.9. The Morgan fingerprint density at radius 1 is 1.30 bits per heavy atom. The third-order valence-electron chi connectivity index (χ3n) is 3.11. The number of hydrogen-bond donors (Lipinski definition) is 2. The summed E-state index contributed by atoms with van der Waals surface area (Å²) in [6.07, 6.45) is 3.42. The number of halogens is 1. The molecule has 0 atom stereocenters. The zero-order valence-corrected chi connectivity index (χ0v) is 12.9. The minimum absolute atomic E-state index is 0.0153. The van der Waals surface area contributed by atoms with Gasteiger partial charge >= 0.3 is 6.03 Å². The summed E-state index contributed by atoms with van der Waals surface area (Å²) in [6.45, 7) is 0. The Labute approximate surface area is 135 Å². The van der Waals surface area contributed by atoms with Crippen molar-refractivity contribution in [2.24, 2.45) is 0 Å². The van der Waals surface area contributed by atoms with Crippen molar-refractivity contribution in [2.75, 3.05) is 5.75 Å². The number of oxazole rings is 1. The summed E-state index contributed by atoms with van der Waals surface area (Å²) in [5.74, 6) is -0.250. The molecule has 1 aliphatic carbocycles. The van der Waals surface area contributed by atoms with Crippen LogP contribution in [0.2, 0.25) is 0 Å². The fraction of sp³-hybridized carbons (Fsp3) is 0.267. The van der Waals surface area contributed by atoms with Gasteiger partial charge in [0.25, 0.3) is 5.22 Å². The Kier molecular flexibility index (Phi) is 4.61. The third-order valence-corrected chi connectivity index (χ3v) is 3.95. The molecule has 0 bridgehead atoms. The number of nitrogens with one attached hydrogen (secondary N) is 2. The normalized spacial score (nSPS) is 13.6. The van der Waals surface area contributed by atoms with E-state index in [2.05, 4.69) is 15.6 Å². The molecule has 3 amide bonds. The Hall–Kier alpha value is -2.35. The molecule has 6 nitrogen and oxygen atoms in total. The lowest BCUT2D eigenvalue weighted by molar-refractivity contribution is -0.117. The minimum Gasteiger partial charge on any atom is -0.431 e. The second-order valence-corrected chi connectivity index (χ2v) is 6.01. The Balaban J connectivity index is 1.49. The van der Waals surface area contributed by atoms with Gasteiger partial charge in [-0.25, -0.2) is 14.2 Å². The molecule has 1 saturated carbocycles. The first-order valence-electron chi connectivity index (χ1n) is 7.05. The number of benzene rings is 1. The fourth-order valence-electron chi connectivity index (χ4n) is 1.81. The molecule has 3 rings (SSSR count). The second-order valence-electron chi connectivity index (χ2n) is 5.08. The summed E-state index contributed by atoms with van der Waals surface area (Å²) < 4.78 is 18.4. The Bertz CT molecular complexity index is 713. The average molecular weight is 335 g/mol. The first-order chi connectivity index (χ1) is 11.1. The van der Waals surface area contributed by atoms with E-state index in [-0.39, 0.29) is 17.6 Å². The Morgan fingerprint density at radius 2 is 2.04 bits per heavy atom. The SMILES string of the molecule is O=C(CSc1ncc(-c2ccc(F)cc2)o1)NC(=O)NC1CC1. The summed E-state index contributed by atoms with van der Waals surface area (Å²) in [6, 6.07) is 5.55. The van der Waals surface area contributed by atoms with Crippen molar-refractivity contribution < 1.29 is 18.4 Å². The van der Waals surface area contributed by atoms with Crippen LogP contribution in [0.1, 0.15) is 12.8 Å². The summed E-state index contributed by atoms with van der Waals surface area (Å²) in [5.41, 5.74) is 0.694. The van der Waals surface area contributed by atoms with Gasteiger partial charge in [-0.05, 0) is 37.1 Å². The number of carbonyl (C=O) groups is 2. The van der Waals surface area contributed by atoms with Crippen LogP contribution in [0.3, 0.4) is 0 Å². The highest BCUT2D eigenvalue weighted by molar-refractivity contribution is 7.99. The lowest BCUT2D eigenvalue weighted by atomic mass is 10.2. The highest BCUT2D eigenvalue weighted by Crippen LogP contribution is 2.25. The molecule has 1 heterocycles. The van der Waals surface area contributed by atoms with Crippen molar-refractivity contribution in [3.05, 3.63) is 36.3 Å². The van der Waals surface area contributed by atoms with Crippen LogP contribution in [0, 0.1) is 5.82 Å². The van der Waals surface area contributed by atoms with Gasteiger partial charge in [-0.3, -0.25) is 10.1 Å². The number of rotatable bonds is 5. The minimum atomic E-state index is -0.475. The highest BCUT2D eigenvalue weighted by Gasteiger charge is 2.24. The zero-order chi connectivity index (χ0) is 16.2. The topological polar surface area (TPSA) is 84.2 Å². The Morgan fingerprint density at radius 3 is 2.74 bits per heavy atom. The molecule has 23 heavy (non-hydrogen) atoms. The molecule has 0 unspecified atom stereocenters. The van der Waals surface area contributed by atoms with Gasteiger partial charge in [0.15, 0.2) is 5.76 Å². The van der Waals surface area contributed by atoms with Crippen LogP contribution < -0.4 is 10.6 Å². The van der Waals surface area contributed by atoms with Crippen molar-refractivity contribution in [1.82, 2.24) is 15.6 Å². The predicted octanol–water partition coefficient (Wildman–Crippen LogP) is 2.56. The fourth-order valence-corrected chi connectivity index (χ4v) is 2.41. The number of carbonyl (C=O) groups excluding carboxylic acids is 2. The molecule has 0 radical (unpaired) electrons. The van der Waals surface area contributed by atoms with Crippen molar-refractivity contribution >= 4 is 23.7 Å². The first kappa shape index (κ1) is 15.5. The maximum Gasteiger partial charge on any atom is 0.321 e. The number of nitrogens with zero attached hydrogens (tertiary/aromatic N) is 1. The van der Waals surface area contributed by atoms with E-state index < -0.39 is 11.9 Å². The van der Waals surface area contributed by atoms with Gasteiger partial charge in [0.1, 0.15) is 5.82 Å². The quantitative estimate of drug-likeness (QED) is 0.821. The lowest BCUT2D eigenvalue weighted by Gasteiger charge is -2.03. The van der Waals surface area contributed by atoms with E-state index in [1.165, 1.54) is 18.3 Å². The molecule has 1 aromatic heterocycles. The van der Waals surface area contributed by atoms with E-state index in [1.807, 2.05) is 0 Å². The van der Waals surface area contributed by atoms with Crippen LogP contribution in [0.15, 0.2) is 40.1 Å². The molecule has 1 fully saturated rings. The molecule has 120 valence electrons. The van der Waals surface area contributed by atoms with Crippen LogP contribution in [0.5, 0.6) is 0 Å². The van der Waals surface area contributed by atoms with E-state index in [0.717, 1.165) is 24.6 Å². The molecule has 1 aliphatic rings. The van der Waals surface area contributed by atoms with Crippen LogP contribution >= 0.6 is 11.8 Å². The van der Waals surface area contributed by atoms with Crippen LogP contribution in [0.25, 0.3) is 11.3 Å². The van der Waals surface area contributed by atoms with Crippen LogP contribution in [-0.4, -0.2) is 28.7 Å².